The first-order valence-electron chi connectivity index (χ1n) is 10.1. The number of ether oxygens (including phenoxy) is 1. The molecule has 1 aromatic heterocycles. The minimum Gasteiger partial charge on any atom is -0.488 e. The maximum Gasteiger partial charge on any atom is 0.273 e. The topological polar surface area (TPSA) is 108 Å². The molecular weight excluding hydrogens is 374 g/mol. The van der Waals surface area contributed by atoms with Gasteiger partial charge in [0.15, 0.2) is 12.1 Å². The van der Waals surface area contributed by atoms with Gasteiger partial charge in [0.2, 0.25) is 0 Å². The van der Waals surface area contributed by atoms with Crippen LogP contribution in [0.3, 0.4) is 0 Å². The van der Waals surface area contributed by atoms with Crippen molar-refractivity contribution >= 4 is 5.91 Å². The largest absolute Gasteiger partial charge is 0.488 e. The molecule has 4 rings (SSSR count). The molecule has 8 heteroatoms. The number of nitrogens with zero attached hydrogens (tertiary/aromatic N) is 2. The van der Waals surface area contributed by atoms with E-state index in [0.717, 1.165) is 0 Å². The Morgan fingerprint density at radius 1 is 1.24 bits per heavy atom. The van der Waals surface area contributed by atoms with Crippen LogP contribution in [0, 0.1) is 6.92 Å². The lowest BCUT2D eigenvalue weighted by Gasteiger charge is -2.38. The lowest BCUT2D eigenvalue weighted by Crippen LogP contribution is -2.56. The molecule has 1 aliphatic heterocycles. The molecule has 2 heterocycles. The van der Waals surface area contributed by atoms with Gasteiger partial charge in [0.25, 0.3) is 5.91 Å². The SMILES string of the molecule is Cc1ocnc1C(=O)N[C@@H]1C[C@@H](Oc2ccccc2)[C@H](O)[C@H]1N1CCC(O)CC1. The van der Waals surface area contributed by atoms with E-state index >= 15 is 0 Å². The van der Waals surface area contributed by atoms with Crippen LogP contribution < -0.4 is 10.1 Å². The Hall–Kier alpha value is -2.42. The summed E-state index contributed by atoms with van der Waals surface area (Å²) in [5.41, 5.74) is 0.250. The number of hydrogen-bond donors (Lipinski definition) is 3. The number of carbonyl (C=O) groups excluding carboxylic acids is 1. The molecule has 1 aliphatic carbocycles. The predicted molar refractivity (Wildman–Crippen MR) is 105 cm³/mol. The van der Waals surface area contributed by atoms with E-state index in [2.05, 4.69) is 15.2 Å². The summed E-state index contributed by atoms with van der Waals surface area (Å²) in [5.74, 6) is 0.815. The number of benzene rings is 1. The van der Waals surface area contributed by atoms with Crippen LogP contribution in [0.2, 0.25) is 0 Å². The van der Waals surface area contributed by atoms with Crippen molar-refractivity contribution < 1.29 is 24.2 Å². The van der Waals surface area contributed by atoms with E-state index in [1.165, 1.54) is 6.39 Å². The van der Waals surface area contributed by atoms with Gasteiger partial charge < -0.3 is 24.7 Å². The maximum atomic E-state index is 12.7. The van der Waals surface area contributed by atoms with E-state index < -0.39 is 12.2 Å². The Labute approximate surface area is 169 Å². The summed E-state index contributed by atoms with van der Waals surface area (Å²) in [6.07, 6.45) is 1.49. The van der Waals surface area contributed by atoms with Crippen molar-refractivity contribution in [1.82, 2.24) is 15.2 Å². The zero-order valence-electron chi connectivity index (χ0n) is 16.4. The normalized spacial score (nSPS) is 28.4. The highest BCUT2D eigenvalue weighted by Crippen LogP contribution is 2.31. The lowest BCUT2D eigenvalue weighted by atomic mass is 10.0. The first-order chi connectivity index (χ1) is 14.0. The molecule has 4 atom stereocenters. The number of carbonyl (C=O) groups is 1. The standard InChI is InChI=1S/C21H27N3O5/c1-13-18(22-12-28-13)21(27)23-16-11-17(29-15-5-3-2-4-6-15)20(26)19(16)24-9-7-14(25)8-10-24/h2-6,12,14,16-17,19-20,25-26H,7-11H2,1H3,(H,23,27)/t16-,17-,19+,20+/m1/s1. The number of piperidine rings is 1. The number of aliphatic hydroxyl groups is 2. The Balaban J connectivity index is 1.52. The van der Waals surface area contributed by atoms with Gasteiger partial charge in [-0.1, -0.05) is 18.2 Å². The lowest BCUT2D eigenvalue weighted by molar-refractivity contribution is -0.0145. The Kier molecular flexibility index (Phi) is 5.84. The molecule has 2 aromatic rings. The Morgan fingerprint density at radius 3 is 2.62 bits per heavy atom. The summed E-state index contributed by atoms with van der Waals surface area (Å²) in [4.78, 5) is 18.9. The third-order valence-electron chi connectivity index (χ3n) is 5.86. The van der Waals surface area contributed by atoms with Crippen molar-refractivity contribution in [2.75, 3.05) is 13.1 Å². The number of amides is 1. The van der Waals surface area contributed by atoms with Gasteiger partial charge in [0, 0.05) is 19.5 Å². The maximum absolute atomic E-state index is 12.7. The number of oxazole rings is 1. The summed E-state index contributed by atoms with van der Waals surface area (Å²) in [6, 6.07) is 8.76. The van der Waals surface area contributed by atoms with Crippen LogP contribution in [0.1, 0.15) is 35.5 Å². The second-order valence-corrected chi connectivity index (χ2v) is 7.79. The molecule has 0 unspecified atom stereocenters. The molecule has 1 aromatic carbocycles. The molecule has 1 saturated heterocycles. The minimum absolute atomic E-state index is 0.250. The molecular formula is C21H27N3O5. The van der Waals surface area contributed by atoms with Gasteiger partial charge in [-0.2, -0.15) is 0 Å². The first-order valence-corrected chi connectivity index (χ1v) is 10.1. The number of likely N-dealkylation sites (tertiary alicyclic amines) is 1. The van der Waals surface area contributed by atoms with Gasteiger partial charge in [-0.05, 0) is 31.9 Å². The second-order valence-electron chi connectivity index (χ2n) is 7.79. The van der Waals surface area contributed by atoms with E-state index in [-0.39, 0.29) is 29.8 Å². The highest BCUT2D eigenvalue weighted by atomic mass is 16.5. The number of aliphatic hydroxyl groups excluding tert-OH is 2. The highest BCUT2D eigenvalue weighted by Gasteiger charge is 2.48. The molecule has 0 bridgehead atoms. The molecule has 0 spiro atoms. The van der Waals surface area contributed by atoms with Gasteiger partial charge >= 0.3 is 0 Å². The van der Waals surface area contributed by atoms with Gasteiger partial charge in [-0.15, -0.1) is 0 Å². The van der Waals surface area contributed by atoms with Crippen LogP contribution >= 0.6 is 0 Å². The van der Waals surface area contributed by atoms with Crippen LogP contribution in [0.25, 0.3) is 0 Å². The summed E-state index contributed by atoms with van der Waals surface area (Å²) in [6.45, 7) is 3.02. The first kappa shape index (κ1) is 19.9. The molecule has 2 aliphatic rings. The van der Waals surface area contributed by atoms with E-state index in [9.17, 15) is 15.0 Å². The van der Waals surface area contributed by atoms with E-state index in [1.807, 2.05) is 30.3 Å². The predicted octanol–water partition coefficient (Wildman–Crippen LogP) is 1.12. The molecule has 29 heavy (non-hydrogen) atoms. The van der Waals surface area contributed by atoms with Crippen molar-refractivity contribution in [2.24, 2.45) is 0 Å². The van der Waals surface area contributed by atoms with Gasteiger partial charge in [0.1, 0.15) is 23.7 Å². The van der Waals surface area contributed by atoms with Crippen LogP contribution in [-0.2, 0) is 0 Å². The van der Waals surface area contributed by atoms with Gasteiger partial charge in [-0.3, -0.25) is 9.69 Å². The smallest absolute Gasteiger partial charge is 0.273 e. The van der Waals surface area contributed by atoms with Crippen LogP contribution in [0.4, 0.5) is 0 Å². The average molecular weight is 401 g/mol. The van der Waals surface area contributed by atoms with E-state index in [4.69, 9.17) is 9.15 Å². The molecule has 2 fully saturated rings. The third kappa shape index (κ3) is 4.29. The molecule has 0 radical (unpaired) electrons. The summed E-state index contributed by atoms with van der Waals surface area (Å²) < 4.78 is 11.2. The molecule has 3 N–H and O–H groups in total. The minimum atomic E-state index is -0.769. The van der Waals surface area contributed by atoms with Gasteiger partial charge in [0.05, 0.1) is 18.2 Å². The number of aromatic nitrogens is 1. The van der Waals surface area contributed by atoms with Crippen molar-refractivity contribution in [3.05, 3.63) is 48.2 Å². The molecule has 8 nitrogen and oxygen atoms in total. The third-order valence-corrected chi connectivity index (χ3v) is 5.86. The summed E-state index contributed by atoms with van der Waals surface area (Å²) in [5, 5.41) is 24.0. The Bertz CT molecular complexity index is 819. The average Bonchev–Trinajstić information content (AvgIpc) is 3.27. The van der Waals surface area contributed by atoms with Crippen LogP contribution in [0.5, 0.6) is 5.75 Å². The van der Waals surface area contributed by atoms with E-state index in [1.54, 1.807) is 6.92 Å². The van der Waals surface area contributed by atoms with Crippen LogP contribution in [-0.4, -0.2) is 69.5 Å². The zero-order valence-corrected chi connectivity index (χ0v) is 16.4. The quantitative estimate of drug-likeness (QED) is 0.689. The monoisotopic (exact) mass is 401 g/mol. The Morgan fingerprint density at radius 2 is 1.97 bits per heavy atom. The molecule has 156 valence electrons. The van der Waals surface area contributed by atoms with Crippen LogP contribution in [0.15, 0.2) is 41.1 Å². The zero-order chi connectivity index (χ0) is 20.4. The van der Waals surface area contributed by atoms with Crippen molar-refractivity contribution in [1.29, 1.82) is 0 Å². The van der Waals surface area contributed by atoms with Crippen molar-refractivity contribution in [2.45, 2.75) is 56.6 Å². The summed E-state index contributed by atoms with van der Waals surface area (Å²) in [7, 11) is 0. The summed E-state index contributed by atoms with van der Waals surface area (Å²) >= 11 is 0. The van der Waals surface area contributed by atoms with Crippen molar-refractivity contribution in [3.63, 3.8) is 0 Å². The number of aryl methyl sites for hydroxylation is 1. The fraction of sp³-hybridized carbons (Fsp3) is 0.524. The molecule has 1 amide bonds. The fourth-order valence-corrected chi connectivity index (χ4v) is 4.34. The number of rotatable bonds is 5. The number of hydrogen-bond acceptors (Lipinski definition) is 7. The fourth-order valence-electron chi connectivity index (χ4n) is 4.34. The van der Waals surface area contributed by atoms with E-state index in [0.29, 0.717) is 43.9 Å². The van der Waals surface area contributed by atoms with Gasteiger partial charge in [-0.25, -0.2) is 4.98 Å². The molecule has 1 saturated carbocycles. The number of nitrogens with one attached hydrogen (secondary N) is 1. The second kappa shape index (κ2) is 8.52. The van der Waals surface area contributed by atoms with Crippen molar-refractivity contribution in [3.8, 4) is 5.75 Å². The highest BCUT2D eigenvalue weighted by molar-refractivity contribution is 5.93. The number of para-hydroxylation sites is 1.